The first-order valence-corrected chi connectivity index (χ1v) is 7.59. The van der Waals surface area contributed by atoms with Crippen molar-refractivity contribution in [3.63, 3.8) is 0 Å². The van der Waals surface area contributed by atoms with E-state index in [-0.39, 0.29) is 18.2 Å². The molecule has 3 aromatic rings. The molecule has 0 saturated heterocycles. The van der Waals surface area contributed by atoms with E-state index >= 15 is 0 Å². The highest BCUT2D eigenvalue weighted by atomic mass is 35.5. The summed E-state index contributed by atoms with van der Waals surface area (Å²) in [6.07, 6.45) is 0. The number of rotatable bonds is 4. The maximum atomic E-state index is 9.66. The van der Waals surface area contributed by atoms with Gasteiger partial charge in [0.2, 0.25) is 0 Å². The lowest BCUT2D eigenvalue weighted by Crippen LogP contribution is -2.13. The van der Waals surface area contributed by atoms with Gasteiger partial charge < -0.3 is 15.2 Å². The number of phenolic OH excluding ortho intramolecular Hbond substituents is 1. The summed E-state index contributed by atoms with van der Waals surface area (Å²) in [4.78, 5) is 4.69. The van der Waals surface area contributed by atoms with Crippen LogP contribution in [-0.4, -0.2) is 18.1 Å². The number of hydrogen-bond acceptors (Lipinski definition) is 3. The highest BCUT2D eigenvalue weighted by molar-refractivity contribution is 6.09. The van der Waals surface area contributed by atoms with Gasteiger partial charge in [0.1, 0.15) is 17.3 Å². The van der Waals surface area contributed by atoms with Crippen molar-refractivity contribution >= 4 is 29.6 Å². The Bertz CT molecular complexity index is 834. The van der Waals surface area contributed by atoms with E-state index in [1.807, 2.05) is 60.7 Å². The van der Waals surface area contributed by atoms with E-state index in [4.69, 9.17) is 9.73 Å². The first kappa shape index (κ1) is 18.4. The minimum atomic E-state index is 0. The van der Waals surface area contributed by atoms with Crippen molar-refractivity contribution in [3.05, 3.63) is 84.4 Å². The SMILES string of the molecule is COc1ccc(C(=Nc2ccccc2)Nc2cccc(O)c2)cc1.Cl. The fraction of sp³-hybridized carbons (Fsp3) is 0.0500. The van der Waals surface area contributed by atoms with Gasteiger partial charge in [0.15, 0.2) is 0 Å². The van der Waals surface area contributed by atoms with Crippen LogP contribution in [0.25, 0.3) is 0 Å². The summed E-state index contributed by atoms with van der Waals surface area (Å²) in [5, 5.41) is 12.9. The molecule has 5 heteroatoms. The molecule has 0 unspecified atom stereocenters. The van der Waals surface area contributed by atoms with E-state index in [1.54, 1.807) is 25.3 Å². The summed E-state index contributed by atoms with van der Waals surface area (Å²) >= 11 is 0. The van der Waals surface area contributed by atoms with E-state index < -0.39 is 0 Å². The lowest BCUT2D eigenvalue weighted by atomic mass is 10.2. The molecule has 0 saturated carbocycles. The van der Waals surface area contributed by atoms with Crippen LogP contribution in [0.1, 0.15) is 5.56 Å². The molecule has 0 aliphatic heterocycles. The van der Waals surface area contributed by atoms with Crippen LogP contribution in [0.4, 0.5) is 11.4 Å². The van der Waals surface area contributed by atoms with Gasteiger partial charge in [-0.1, -0.05) is 24.3 Å². The van der Waals surface area contributed by atoms with E-state index in [0.29, 0.717) is 5.84 Å². The third-order valence-electron chi connectivity index (χ3n) is 3.47. The third-order valence-corrected chi connectivity index (χ3v) is 3.47. The maximum absolute atomic E-state index is 9.66. The highest BCUT2D eigenvalue weighted by Crippen LogP contribution is 2.20. The summed E-state index contributed by atoms with van der Waals surface area (Å²) in [7, 11) is 1.64. The minimum Gasteiger partial charge on any atom is -0.508 e. The van der Waals surface area contributed by atoms with Crippen LogP contribution in [0.2, 0.25) is 0 Å². The molecule has 0 fully saturated rings. The summed E-state index contributed by atoms with van der Waals surface area (Å²) in [5.74, 6) is 1.68. The largest absolute Gasteiger partial charge is 0.508 e. The molecular formula is C20H19ClN2O2. The van der Waals surface area contributed by atoms with Crippen LogP contribution in [-0.2, 0) is 0 Å². The van der Waals surface area contributed by atoms with Crippen molar-refractivity contribution in [2.24, 2.45) is 4.99 Å². The van der Waals surface area contributed by atoms with Crippen LogP contribution in [0.15, 0.2) is 83.9 Å². The number of ether oxygens (including phenoxy) is 1. The molecule has 0 amide bonds. The molecular weight excluding hydrogens is 336 g/mol. The topological polar surface area (TPSA) is 53.8 Å². The standard InChI is InChI=1S/C20H18N2O2.ClH/c1-24-19-12-10-15(11-13-19)20(21-16-6-3-2-4-7-16)22-17-8-5-9-18(23)14-17;/h2-14,23H,1H3,(H,21,22);1H. The molecule has 3 aromatic carbocycles. The molecule has 0 heterocycles. The molecule has 0 spiro atoms. The van der Waals surface area contributed by atoms with E-state index in [1.165, 1.54) is 0 Å². The average Bonchev–Trinajstić information content (AvgIpc) is 2.62. The zero-order valence-corrected chi connectivity index (χ0v) is 14.5. The van der Waals surface area contributed by atoms with Gasteiger partial charge in [0, 0.05) is 17.3 Å². The number of methoxy groups -OCH3 is 1. The average molecular weight is 355 g/mol. The number of aliphatic imine (C=N–C) groups is 1. The highest BCUT2D eigenvalue weighted by Gasteiger charge is 2.06. The molecule has 0 atom stereocenters. The number of halogens is 1. The van der Waals surface area contributed by atoms with Crippen molar-refractivity contribution < 1.29 is 9.84 Å². The molecule has 3 rings (SSSR count). The molecule has 0 aliphatic rings. The summed E-state index contributed by atoms with van der Waals surface area (Å²) < 4.78 is 5.21. The number of amidine groups is 1. The van der Waals surface area contributed by atoms with Crippen LogP contribution in [0, 0.1) is 0 Å². The van der Waals surface area contributed by atoms with Crippen LogP contribution >= 0.6 is 12.4 Å². The third kappa shape index (κ3) is 4.99. The van der Waals surface area contributed by atoms with Gasteiger partial charge in [-0.05, 0) is 48.5 Å². The fourth-order valence-electron chi connectivity index (χ4n) is 2.27. The Morgan fingerprint density at radius 1 is 0.920 bits per heavy atom. The van der Waals surface area contributed by atoms with Gasteiger partial charge in [0.25, 0.3) is 0 Å². The van der Waals surface area contributed by atoms with Gasteiger partial charge in [-0.25, -0.2) is 4.99 Å². The van der Waals surface area contributed by atoms with Gasteiger partial charge >= 0.3 is 0 Å². The van der Waals surface area contributed by atoms with Crippen molar-refractivity contribution in [1.82, 2.24) is 0 Å². The Balaban J connectivity index is 0.00000225. The Morgan fingerprint density at radius 2 is 1.64 bits per heavy atom. The minimum absolute atomic E-state index is 0. The lowest BCUT2D eigenvalue weighted by Gasteiger charge is -2.11. The van der Waals surface area contributed by atoms with Crippen LogP contribution < -0.4 is 10.1 Å². The predicted molar refractivity (Wildman–Crippen MR) is 105 cm³/mol. The summed E-state index contributed by atoms with van der Waals surface area (Å²) in [6.45, 7) is 0. The number of anilines is 1. The Labute approximate surface area is 153 Å². The molecule has 128 valence electrons. The molecule has 0 aromatic heterocycles. The number of nitrogens with zero attached hydrogens (tertiary/aromatic N) is 1. The second-order valence-electron chi connectivity index (χ2n) is 5.20. The zero-order valence-electron chi connectivity index (χ0n) is 13.7. The molecule has 4 nitrogen and oxygen atoms in total. The quantitative estimate of drug-likeness (QED) is 0.511. The fourth-order valence-corrected chi connectivity index (χ4v) is 2.27. The maximum Gasteiger partial charge on any atom is 0.138 e. The molecule has 25 heavy (non-hydrogen) atoms. The lowest BCUT2D eigenvalue weighted by molar-refractivity contribution is 0.415. The van der Waals surface area contributed by atoms with Crippen LogP contribution in [0.5, 0.6) is 11.5 Å². The number of benzene rings is 3. The van der Waals surface area contributed by atoms with E-state index in [9.17, 15) is 5.11 Å². The molecule has 0 radical (unpaired) electrons. The second kappa shape index (κ2) is 8.76. The zero-order chi connectivity index (χ0) is 16.8. The smallest absolute Gasteiger partial charge is 0.138 e. The van der Waals surface area contributed by atoms with Gasteiger partial charge in [0.05, 0.1) is 12.8 Å². The normalized spacial score (nSPS) is 10.7. The Morgan fingerprint density at radius 3 is 2.28 bits per heavy atom. The summed E-state index contributed by atoms with van der Waals surface area (Å²) in [5.41, 5.74) is 2.53. The van der Waals surface area contributed by atoms with E-state index in [0.717, 1.165) is 22.7 Å². The summed E-state index contributed by atoms with van der Waals surface area (Å²) in [6, 6.07) is 24.3. The van der Waals surface area contributed by atoms with Crippen molar-refractivity contribution in [2.45, 2.75) is 0 Å². The van der Waals surface area contributed by atoms with Crippen molar-refractivity contribution in [2.75, 3.05) is 12.4 Å². The van der Waals surface area contributed by atoms with Gasteiger partial charge in [-0.3, -0.25) is 0 Å². The Hall–Kier alpha value is -2.98. The number of para-hydroxylation sites is 1. The first-order valence-electron chi connectivity index (χ1n) is 7.59. The number of hydrogen-bond donors (Lipinski definition) is 2. The second-order valence-corrected chi connectivity index (χ2v) is 5.20. The number of phenols is 1. The first-order chi connectivity index (χ1) is 11.7. The van der Waals surface area contributed by atoms with E-state index in [2.05, 4.69) is 5.32 Å². The van der Waals surface area contributed by atoms with Gasteiger partial charge in [-0.15, -0.1) is 12.4 Å². The number of aromatic hydroxyl groups is 1. The monoisotopic (exact) mass is 354 g/mol. The molecule has 0 bridgehead atoms. The van der Waals surface area contributed by atoms with Crippen LogP contribution in [0.3, 0.4) is 0 Å². The Kier molecular flexibility index (Phi) is 6.43. The predicted octanol–water partition coefficient (Wildman–Crippen LogP) is 5.01. The molecule has 0 aliphatic carbocycles. The molecule has 2 N–H and O–H groups in total. The van der Waals surface area contributed by atoms with Crippen molar-refractivity contribution in [1.29, 1.82) is 0 Å². The van der Waals surface area contributed by atoms with Gasteiger partial charge in [-0.2, -0.15) is 0 Å². The number of nitrogens with one attached hydrogen (secondary N) is 1. The van der Waals surface area contributed by atoms with Crippen molar-refractivity contribution in [3.8, 4) is 11.5 Å².